The zero-order valence-corrected chi connectivity index (χ0v) is 19.1. The van der Waals surface area contributed by atoms with E-state index in [0.29, 0.717) is 13.0 Å². The summed E-state index contributed by atoms with van der Waals surface area (Å²) in [6.45, 7) is 5.08. The average Bonchev–Trinajstić information content (AvgIpc) is 3.30. The number of ether oxygens (including phenoxy) is 2. The predicted octanol–water partition coefficient (Wildman–Crippen LogP) is 3.41. The van der Waals surface area contributed by atoms with Gasteiger partial charge in [-0.05, 0) is 42.3 Å². The van der Waals surface area contributed by atoms with E-state index in [1.165, 1.54) is 0 Å². The Kier molecular flexibility index (Phi) is 6.99. The van der Waals surface area contributed by atoms with Gasteiger partial charge in [0.2, 0.25) is 0 Å². The van der Waals surface area contributed by atoms with E-state index in [0.717, 1.165) is 72.5 Å². The first-order chi connectivity index (χ1) is 16.8. The minimum Gasteiger partial charge on any atom is -0.492 e. The van der Waals surface area contributed by atoms with Gasteiger partial charge in [-0.2, -0.15) is 0 Å². The van der Waals surface area contributed by atoms with Crippen LogP contribution in [0.2, 0.25) is 0 Å². The molecule has 0 radical (unpaired) electrons. The van der Waals surface area contributed by atoms with E-state index in [2.05, 4.69) is 15.2 Å². The van der Waals surface area contributed by atoms with Crippen LogP contribution in [0, 0.1) is 0 Å². The van der Waals surface area contributed by atoms with Gasteiger partial charge < -0.3 is 19.9 Å². The molecule has 2 aromatic carbocycles. The zero-order chi connectivity index (χ0) is 23.2. The highest BCUT2D eigenvalue weighted by molar-refractivity contribution is 5.79. The summed E-state index contributed by atoms with van der Waals surface area (Å²) in [5.41, 5.74) is 3.70. The third-order valence-corrected chi connectivity index (χ3v) is 5.93. The number of pyridine rings is 1. The Hall–Kier alpha value is -3.46. The standard InChI is InChI=1S/C26H29N5O3/c32-14-10-20-6-9-25(29-26(20)28-21-4-2-1-3-5-21)31-19-27-23-18-22(7-8-24(23)31)34-17-13-30-11-15-33-16-12-30/h1-9,18-19,32H,10-17H2,(H,28,29). The Morgan fingerprint density at radius 2 is 1.88 bits per heavy atom. The summed E-state index contributed by atoms with van der Waals surface area (Å²) in [5, 5.41) is 12.9. The summed E-state index contributed by atoms with van der Waals surface area (Å²) in [6, 6.07) is 19.8. The van der Waals surface area contributed by atoms with Gasteiger partial charge in [0.1, 0.15) is 30.3 Å². The topological polar surface area (TPSA) is 84.7 Å². The number of nitrogens with zero attached hydrogens (tertiary/aromatic N) is 4. The highest BCUT2D eigenvalue weighted by atomic mass is 16.5. The van der Waals surface area contributed by atoms with Crippen molar-refractivity contribution in [3.8, 4) is 11.6 Å². The fourth-order valence-corrected chi connectivity index (χ4v) is 4.08. The minimum atomic E-state index is 0.0623. The van der Waals surface area contributed by atoms with E-state index in [1.807, 2.05) is 65.2 Å². The van der Waals surface area contributed by atoms with Crippen molar-refractivity contribution in [3.63, 3.8) is 0 Å². The third-order valence-electron chi connectivity index (χ3n) is 5.93. The second-order valence-electron chi connectivity index (χ2n) is 8.21. The number of rotatable bonds is 9. The van der Waals surface area contributed by atoms with Crippen LogP contribution in [0.3, 0.4) is 0 Å². The molecule has 3 heterocycles. The molecule has 1 aliphatic rings. The van der Waals surface area contributed by atoms with Crippen LogP contribution in [-0.2, 0) is 11.2 Å². The molecule has 8 heteroatoms. The number of benzene rings is 2. The Morgan fingerprint density at radius 1 is 1.03 bits per heavy atom. The number of para-hydroxylation sites is 1. The first kappa shape index (κ1) is 22.3. The van der Waals surface area contributed by atoms with Crippen molar-refractivity contribution in [3.05, 3.63) is 72.6 Å². The largest absolute Gasteiger partial charge is 0.492 e. The van der Waals surface area contributed by atoms with Crippen molar-refractivity contribution in [2.45, 2.75) is 6.42 Å². The number of nitrogens with one attached hydrogen (secondary N) is 1. The monoisotopic (exact) mass is 459 g/mol. The van der Waals surface area contributed by atoms with E-state index in [-0.39, 0.29) is 6.61 Å². The molecule has 1 aliphatic heterocycles. The molecule has 0 saturated carbocycles. The van der Waals surface area contributed by atoms with Crippen LogP contribution in [-0.4, -0.2) is 70.6 Å². The number of hydrogen-bond donors (Lipinski definition) is 2. The molecule has 0 atom stereocenters. The molecule has 0 amide bonds. The Balaban J connectivity index is 1.34. The second-order valence-corrected chi connectivity index (χ2v) is 8.21. The lowest BCUT2D eigenvalue weighted by atomic mass is 10.2. The molecule has 5 rings (SSSR count). The number of fused-ring (bicyclic) bond motifs is 1. The number of aliphatic hydroxyl groups is 1. The molecule has 4 aromatic rings. The highest BCUT2D eigenvalue weighted by Crippen LogP contribution is 2.25. The number of anilines is 2. The van der Waals surface area contributed by atoms with Gasteiger partial charge >= 0.3 is 0 Å². The van der Waals surface area contributed by atoms with Gasteiger partial charge in [-0.15, -0.1) is 0 Å². The number of aromatic nitrogens is 3. The summed E-state index contributed by atoms with van der Waals surface area (Å²) >= 11 is 0. The van der Waals surface area contributed by atoms with Crippen LogP contribution < -0.4 is 10.1 Å². The van der Waals surface area contributed by atoms with Crippen LogP contribution in [0.25, 0.3) is 16.9 Å². The van der Waals surface area contributed by atoms with Crippen LogP contribution in [0.4, 0.5) is 11.5 Å². The maximum Gasteiger partial charge on any atom is 0.140 e. The lowest BCUT2D eigenvalue weighted by molar-refractivity contribution is 0.0322. The molecule has 0 spiro atoms. The van der Waals surface area contributed by atoms with Crippen LogP contribution in [0.1, 0.15) is 5.56 Å². The van der Waals surface area contributed by atoms with Crippen molar-refractivity contribution in [1.29, 1.82) is 0 Å². The van der Waals surface area contributed by atoms with E-state index in [4.69, 9.17) is 14.5 Å². The van der Waals surface area contributed by atoms with Gasteiger partial charge in [0, 0.05) is 38.0 Å². The van der Waals surface area contributed by atoms with Crippen molar-refractivity contribution in [1.82, 2.24) is 19.4 Å². The number of morpholine rings is 1. The van der Waals surface area contributed by atoms with Gasteiger partial charge in [-0.25, -0.2) is 9.97 Å². The second kappa shape index (κ2) is 10.6. The fourth-order valence-electron chi connectivity index (χ4n) is 4.08. The summed E-state index contributed by atoms with van der Waals surface area (Å²) in [5.74, 6) is 2.29. The Morgan fingerprint density at radius 3 is 2.71 bits per heavy atom. The lowest BCUT2D eigenvalue weighted by Gasteiger charge is -2.26. The summed E-state index contributed by atoms with van der Waals surface area (Å²) in [6.07, 6.45) is 2.31. The minimum absolute atomic E-state index is 0.0623. The predicted molar refractivity (Wildman–Crippen MR) is 132 cm³/mol. The molecule has 0 bridgehead atoms. The molecule has 0 aliphatic carbocycles. The fraction of sp³-hybridized carbons (Fsp3) is 0.308. The Labute approximate surface area is 198 Å². The molecule has 2 N–H and O–H groups in total. The van der Waals surface area contributed by atoms with E-state index >= 15 is 0 Å². The van der Waals surface area contributed by atoms with Gasteiger partial charge in [-0.3, -0.25) is 9.47 Å². The molecule has 2 aromatic heterocycles. The van der Waals surface area contributed by atoms with E-state index < -0.39 is 0 Å². The summed E-state index contributed by atoms with van der Waals surface area (Å²) < 4.78 is 13.3. The maximum atomic E-state index is 9.48. The van der Waals surface area contributed by atoms with Gasteiger partial charge in [-0.1, -0.05) is 24.3 Å². The molecule has 34 heavy (non-hydrogen) atoms. The van der Waals surface area contributed by atoms with Crippen LogP contribution in [0.15, 0.2) is 67.0 Å². The molecule has 1 saturated heterocycles. The maximum absolute atomic E-state index is 9.48. The molecule has 0 unspecified atom stereocenters. The third kappa shape index (κ3) is 5.20. The molecule has 176 valence electrons. The average molecular weight is 460 g/mol. The SMILES string of the molecule is OCCc1ccc(-n2cnc3cc(OCCN4CCOCC4)ccc32)nc1Nc1ccccc1. The lowest BCUT2D eigenvalue weighted by Crippen LogP contribution is -2.38. The zero-order valence-electron chi connectivity index (χ0n) is 19.1. The number of hydrogen-bond acceptors (Lipinski definition) is 7. The van der Waals surface area contributed by atoms with Crippen LogP contribution in [0.5, 0.6) is 5.75 Å². The highest BCUT2D eigenvalue weighted by Gasteiger charge is 2.12. The van der Waals surface area contributed by atoms with Gasteiger partial charge in [0.05, 0.1) is 24.2 Å². The van der Waals surface area contributed by atoms with Gasteiger partial charge in [0.25, 0.3) is 0 Å². The van der Waals surface area contributed by atoms with E-state index in [1.54, 1.807) is 6.33 Å². The van der Waals surface area contributed by atoms with E-state index in [9.17, 15) is 5.11 Å². The van der Waals surface area contributed by atoms with Crippen molar-refractivity contribution in [2.24, 2.45) is 0 Å². The molecule has 8 nitrogen and oxygen atoms in total. The van der Waals surface area contributed by atoms with Crippen LogP contribution >= 0.6 is 0 Å². The summed E-state index contributed by atoms with van der Waals surface area (Å²) in [7, 11) is 0. The van der Waals surface area contributed by atoms with Gasteiger partial charge in [0.15, 0.2) is 0 Å². The quantitative estimate of drug-likeness (QED) is 0.397. The molecular formula is C26H29N5O3. The number of imidazole rings is 1. The van der Waals surface area contributed by atoms with Crippen molar-refractivity contribution < 1.29 is 14.6 Å². The summed E-state index contributed by atoms with van der Waals surface area (Å²) in [4.78, 5) is 11.8. The van der Waals surface area contributed by atoms with Crippen molar-refractivity contribution in [2.75, 3.05) is 51.4 Å². The molecule has 1 fully saturated rings. The number of aliphatic hydroxyl groups excluding tert-OH is 1. The first-order valence-corrected chi connectivity index (χ1v) is 11.6. The Bertz CT molecular complexity index is 1220. The molecular weight excluding hydrogens is 430 g/mol. The first-order valence-electron chi connectivity index (χ1n) is 11.6. The normalized spacial score (nSPS) is 14.4. The smallest absolute Gasteiger partial charge is 0.140 e. The van der Waals surface area contributed by atoms with Crippen molar-refractivity contribution >= 4 is 22.5 Å².